The molecule has 0 saturated heterocycles. The lowest BCUT2D eigenvalue weighted by Gasteiger charge is -2.35. The van der Waals surface area contributed by atoms with Crippen LogP contribution in [0, 0.1) is 0 Å². The predicted molar refractivity (Wildman–Crippen MR) is 87.7 cm³/mol. The van der Waals surface area contributed by atoms with Gasteiger partial charge in [0.25, 0.3) is 0 Å². The number of aliphatic imine (C=N–C) groups is 1. The van der Waals surface area contributed by atoms with Crippen LogP contribution in [0.4, 0.5) is 5.69 Å². The van der Waals surface area contributed by atoms with Gasteiger partial charge in [-0.2, -0.15) is 0 Å². The first-order chi connectivity index (χ1) is 10.6. The van der Waals surface area contributed by atoms with Crippen LogP contribution < -0.4 is 20.5 Å². The molecule has 0 amide bonds. The van der Waals surface area contributed by atoms with E-state index in [-0.39, 0.29) is 5.96 Å². The molecule has 6 nitrogen and oxygen atoms in total. The molecule has 1 aliphatic rings. The van der Waals surface area contributed by atoms with E-state index in [0.29, 0.717) is 31.2 Å². The van der Waals surface area contributed by atoms with Gasteiger partial charge in [-0.15, -0.1) is 0 Å². The summed E-state index contributed by atoms with van der Waals surface area (Å²) in [6, 6.07) is 5.52. The van der Waals surface area contributed by atoms with Crippen LogP contribution in [0.25, 0.3) is 0 Å². The molecule has 6 heteroatoms. The molecule has 122 valence electrons. The molecule has 1 aromatic carbocycles. The number of hydrogen-bond acceptors (Lipinski definition) is 4. The zero-order chi connectivity index (χ0) is 16.0. The third-order valence-corrected chi connectivity index (χ3v) is 3.65. The number of anilines is 1. The van der Waals surface area contributed by atoms with Crippen LogP contribution >= 0.6 is 0 Å². The van der Waals surface area contributed by atoms with Crippen LogP contribution in [0.1, 0.15) is 33.1 Å². The molecule has 4 N–H and O–H groups in total. The number of nitrogens with one attached hydrogen (secondary N) is 1. The zero-order valence-corrected chi connectivity index (χ0v) is 13.3. The van der Waals surface area contributed by atoms with E-state index in [1.807, 2.05) is 32.0 Å². The highest BCUT2D eigenvalue weighted by atomic mass is 16.5. The Hall–Kier alpha value is -1.95. The van der Waals surface area contributed by atoms with Crippen LogP contribution in [0.5, 0.6) is 11.5 Å². The third-order valence-electron chi connectivity index (χ3n) is 3.65. The summed E-state index contributed by atoms with van der Waals surface area (Å²) in [5, 5.41) is 13.1. The van der Waals surface area contributed by atoms with Crippen LogP contribution in [0.15, 0.2) is 23.2 Å². The summed E-state index contributed by atoms with van der Waals surface area (Å²) in [5.74, 6) is 1.68. The van der Waals surface area contributed by atoms with Crippen molar-refractivity contribution in [1.82, 2.24) is 0 Å². The van der Waals surface area contributed by atoms with Gasteiger partial charge >= 0.3 is 0 Å². The Morgan fingerprint density at radius 2 is 2.05 bits per heavy atom. The first-order valence-corrected chi connectivity index (χ1v) is 7.75. The van der Waals surface area contributed by atoms with Gasteiger partial charge in [-0.1, -0.05) is 0 Å². The number of nitrogens with zero attached hydrogens (tertiary/aromatic N) is 1. The molecular formula is C16H25N3O3. The maximum absolute atomic E-state index is 10.0. The minimum absolute atomic E-state index is 0.259. The van der Waals surface area contributed by atoms with E-state index in [9.17, 15) is 5.11 Å². The highest BCUT2D eigenvalue weighted by molar-refractivity contribution is 5.94. The Balaban J connectivity index is 2.07. The molecule has 0 atom stereocenters. The van der Waals surface area contributed by atoms with Crippen molar-refractivity contribution in [2.45, 2.75) is 38.7 Å². The Labute approximate surface area is 131 Å². The largest absolute Gasteiger partial charge is 0.494 e. The summed E-state index contributed by atoms with van der Waals surface area (Å²) in [6.07, 6.45) is 2.62. The molecule has 1 aliphatic carbocycles. The van der Waals surface area contributed by atoms with Crippen LogP contribution in [0.2, 0.25) is 0 Å². The van der Waals surface area contributed by atoms with Gasteiger partial charge in [0, 0.05) is 6.07 Å². The van der Waals surface area contributed by atoms with E-state index < -0.39 is 5.60 Å². The van der Waals surface area contributed by atoms with E-state index >= 15 is 0 Å². The van der Waals surface area contributed by atoms with E-state index in [4.69, 9.17) is 15.2 Å². The van der Waals surface area contributed by atoms with Crippen molar-refractivity contribution in [3.63, 3.8) is 0 Å². The van der Waals surface area contributed by atoms with Gasteiger partial charge in [-0.05, 0) is 45.2 Å². The zero-order valence-electron chi connectivity index (χ0n) is 13.3. The number of nitrogens with two attached hydrogens (primary N) is 1. The third kappa shape index (κ3) is 4.27. The second-order valence-electron chi connectivity index (χ2n) is 5.43. The van der Waals surface area contributed by atoms with Gasteiger partial charge < -0.3 is 25.6 Å². The monoisotopic (exact) mass is 307 g/mol. The molecule has 1 fully saturated rings. The number of rotatable bonds is 7. The molecule has 0 radical (unpaired) electrons. The Bertz CT molecular complexity index is 527. The molecule has 1 aromatic rings. The van der Waals surface area contributed by atoms with Gasteiger partial charge in [0.15, 0.2) is 5.96 Å². The summed E-state index contributed by atoms with van der Waals surface area (Å²) in [4.78, 5) is 4.23. The maximum Gasteiger partial charge on any atom is 0.193 e. The predicted octanol–water partition coefficient (Wildman–Crippen LogP) is 2.13. The first-order valence-electron chi connectivity index (χ1n) is 7.75. The van der Waals surface area contributed by atoms with Crippen LogP contribution in [-0.2, 0) is 0 Å². The molecule has 22 heavy (non-hydrogen) atoms. The van der Waals surface area contributed by atoms with Crippen molar-refractivity contribution >= 4 is 11.6 Å². The average Bonchev–Trinajstić information content (AvgIpc) is 2.46. The lowest BCUT2D eigenvalue weighted by atomic mass is 9.80. The molecule has 1 saturated carbocycles. The van der Waals surface area contributed by atoms with Crippen molar-refractivity contribution < 1.29 is 14.6 Å². The van der Waals surface area contributed by atoms with E-state index in [0.717, 1.165) is 25.0 Å². The minimum Gasteiger partial charge on any atom is -0.494 e. The molecular weight excluding hydrogens is 282 g/mol. The number of hydrogen-bond donors (Lipinski definition) is 3. The summed E-state index contributed by atoms with van der Waals surface area (Å²) in [7, 11) is 0. The molecule has 0 aliphatic heterocycles. The van der Waals surface area contributed by atoms with Crippen molar-refractivity contribution in [3.8, 4) is 11.5 Å². The summed E-state index contributed by atoms with van der Waals surface area (Å²) >= 11 is 0. The summed E-state index contributed by atoms with van der Waals surface area (Å²) in [5.41, 5.74) is 5.94. The number of benzene rings is 1. The van der Waals surface area contributed by atoms with Gasteiger partial charge in [0.2, 0.25) is 0 Å². The van der Waals surface area contributed by atoms with E-state index in [1.54, 1.807) is 0 Å². The van der Waals surface area contributed by atoms with Gasteiger partial charge in [0.1, 0.15) is 11.5 Å². The van der Waals surface area contributed by atoms with Gasteiger partial charge in [0.05, 0.1) is 31.0 Å². The number of aliphatic hydroxyl groups is 1. The molecule has 0 heterocycles. The highest BCUT2D eigenvalue weighted by Crippen LogP contribution is 2.32. The molecule has 2 rings (SSSR count). The minimum atomic E-state index is -0.678. The fourth-order valence-corrected chi connectivity index (χ4v) is 2.30. The quantitative estimate of drug-likeness (QED) is 0.530. The standard InChI is InChI=1S/C16H25N3O3/c1-3-21-12-6-7-14(22-4-2)13(10-12)19-15(17)18-11-16(20)8-5-9-16/h6-7,10,20H,3-5,8-9,11H2,1-2H3,(H3,17,18,19). The van der Waals surface area contributed by atoms with E-state index in [1.165, 1.54) is 0 Å². The molecule has 0 unspecified atom stereocenters. The van der Waals surface area contributed by atoms with Crippen molar-refractivity contribution in [2.24, 2.45) is 10.7 Å². The van der Waals surface area contributed by atoms with Crippen molar-refractivity contribution in [3.05, 3.63) is 18.2 Å². The second kappa shape index (κ2) is 7.35. The first kappa shape index (κ1) is 16.4. The van der Waals surface area contributed by atoms with Gasteiger partial charge in [-0.25, -0.2) is 0 Å². The molecule has 0 aromatic heterocycles. The van der Waals surface area contributed by atoms with Crippen LogP contribution in [-0.4, -0.2) is 36.4 Å². The molecule has 0 bridgehead atoms. The van der Waals surface area contributed by atoms with Crippen molar-refractivity contribution in [2.75, 3.05) is 25.1 Å². The fourth-order valence-electron chi connectivity index (χ4n) is 2.30. The van der Waals surface area contributed by atoms with Gasteiger partial charge in [-0.3, -0.25) is 4.99 Å². The summed E-state index contributed by atoms with van der Waals surface area (Å²) in [6.45, 7) is 5.31. The Morgan fingerprint density at radius 3 is 2.64 bits per heavy atom. The normalized spacial score (nSPS) is 16.8. The lowest BCUT2D eigenvalue weighted by Crippen LogP contribution is -2.41. The van der Waals surface area contributed by atoms with E-state index in [2.05, 4.69) is 10.3 Å². The van der Waals surface area contributed by atoms with Crippen LogP contribution in [0.3, 0.4) is 0 Å². The highest BCUT2D eigenvalue weighted by Gasteiger charge is 2.34. The SMILES string of the molecule is CCOc1ccc(OCC)c(NC(N)=NCC2(O)CCC2)c1. The lowest BCUT2D eigenvalue weighted by molar-refractivity contribution is -0.0235. The number of guanidine groups is 1. The maximum atomic E-state index is 10.0. The van der Waals surface area contributed by atoms with Crippen molar-refractivity contribution in [1.29, 1.82) is 0 Å². The Morgan fingerprint density at radius 1 is 1.32 bits per heavy atom. The fraction of sp³-hybridized carbons (Fsp3) is 0.562. The topological polar surface area (TPSA) is 89.1 Å². The molecule has 0 spiro atoms. The smallest absolute Gasteiger partial charge is 0.193 e. The summed E-state index contributed by atoms with van der Waals surface area (Å²) < 4.78 is 11.1. The average molecular weight is 307 g/mol. The second-order valence-corrected chi connectivity index (χ2v) is 5.43. The Kier molecular flexibility index (Phi) is 5.49. The number of ether oxygens (including phenoxy) is 2.